The lowest BCUT2D eigenvalue weighted by Crippen LogP contribution is -2.26. The summed E-state index contributed by atoms with van der Waals surface area (Å²) >= 11 is 0. The number of hydrogen-bond acceptors (Lipinski definition) is 5. The van der Waals surface area contributed by atoms with E-state index in [9.17, 15) is 13.6 Å². The smallest absolute Gasteiger partial charge is 0.264 e. The molecule has 1 atom stereocenters. The van der Waals surface area contributed by atoms with E-state index in [2.05, 4.69) is 10.00 Å². The first-order valence-electron chi connectivity index (χ1n) is 13.4. The summed E-state index contributed by atoms with van der Waals surface area (Å²) in [5.74, 6) is 0.603. The molecule has 1 unspecified atom stereocenters. The minimum atomic E-state index is -2.66. The van der Waals surface area contributed by atoms with Gasteiger partial charge in [0.05, 0.1) is 24.5 Å². The number of nitrogens with zero attached hydrogens (tertiary/aromatic N) is 4. The molecule has 4 heterocycles. The van der Waals surface area contributed by atoms with Crippen LogP contribution in [0, 0.1) is 6.92 Å². The Labute approximate surface area is 225 Å². The molecule has 1 saturated heterocycles. The SMILES string of the molecule is COc1cc(N2CCCc3cc(-c4cnn(C5CCCCO5)c4)c(C(F)F)cc32)c2cc(C)c(=O)n(C)c2c1. The third-order valence-corrected chi connectivity index (χ3v) is 7.97. The fourth-order valence-corrected chi connectivity index (χ4v) is 5.91. The topological polar surface area (TPSA) is 61.5 Å². The van der Waals surface area contributed by atoms with Crippen molar-refractivity contribution in [2.24, 2.45) is 7.05 Å². The lowest BCUT2D eigenvalue weighted by Gasteiger charge is -2.34. The number of fused-ring (bicyclic) bond motifs is 2. The molecule has 0 radical (unpaired) electrons. The summed E-state index contributed by atoms with van der Waals surface area (Å²) in [5.41, 5.74) is 5.00. The largest absolute Gasteiger partial charge is 0.497 e. The molecule has 2 aromatic heterocycles. The van der Waals surface area contributed by atoms with Gasteiger partial charge < -0.3 is 18.9 Å². The minimum absolute atomic E-state index is 0.0273. The monoisotopic (exact) mass is 534 g/mol. The van der Waals surface area contributed by atoms with Crippen molar-refractivity contribution in [1.29, 1.82) is 0 Å². The minimum Gasteiger partial charge on any atom is -0.497 e. The molecular formula is C30H32F2N4O3. The molecular weight excluding hydrogens is 502 g/mol. The van der Waals surface area contributed by atoms with Gasteiger partial charge in [-0.2, -0.15) is 5.10 Å². The third-order valence-electron chi connectivity index (χ3n) is 7.97. The molecule has 9 heteroatoms. The molecule has 0 aliphatic carbocycles. The number of ether oxygens (including phenoxy) is 2. The Hall–Kier alpha value is -3.72. The van der Waals surface area contributed by atoms with Crippen LogP contribution in [0.3, 0.4) is 0 Å². The number of methoxy groups -OCH3 is 1. The maximum atomic E-state index is 14.6. The van der Waals surface area contributed by atoms with Gasteiger partial charge in [0.15, 0.2) is 0 Å². The molecule has 2 aliphatic heterocycles. The Morgan fingerprint density at radius 1 is 1.10 bits per heavy atom. The molecule has 4 aromatic rings. The molecule has 0 spiro atoms. The molecule has 0 amide bonds. The van der Waals surface area contributed by atoms with Crippen molar-refractivity contribution in [1.82, 2.24) is 14.3 Å². The summed E-state index contributed by atoms with van der Waals surface area (Å²) in [6.07, 6.45) is 5.25. The van der Waals surface area contributed by atoms with Crippen LogP contribution in [-0.2, 0) is 18.2 Å². The fourth-order valence-electron chi connectivity index (χ4n) is 5.91. The third kappa shape index (κ3) is 4.48. The van der Waals surface area contributed by atoms with Crippen LogP contribution in [0.1, 0.15) is 55.0 Å². The van der Waals surface area contributed by atoms with Gasteiger partial charge >= 0.3 is 0 Å². The summed E-state index contributed by atoms with van der Waals surface area (Å²) < 4.78 is 43.9. The zero-order valence-electron chi connectivity index (χ0n) is 22.4. The number of aryl methyl sites for hydroxylation is 3. The maximum absolute atomic E-state index is 14.6. The van der Waals surface area contributed by atoms with E-state index >= 15 is 0 Å². The highest BCUT2D eigenvalue weighted by Crippen LogP contribution is 2.44. The van der Waals surface area contributed by atoms with E-state index < -0.39 is 6.43 Å². The number of alkyl halides is 2. The number of aromatic nitrogens is 3. The number of halogens is 2. The molecule has 0 saturated carbocycles. The predicted molar refractivity (Wildman–Crippen MR) is 147 cm³/mol. The Balaban J connectivity index is 1.49. The molecule has 2 aliphatic rings. The summed E-state index contributed by atoms with van der Waals surface area (Å²) in [6.45, 7) is 3.14. The number of rotatable bonds is 5. The van der Waals surface area contributed by atoms with Crippen molar-refractivity contribution in [3.63, 3.8) is 0 Å². The van der Waals surface area contributed by atoms with Crippen LogP contribution in [0.2, 0.25) is 0 Å². The van der Waals surface area contributed by atoms with E-state index in [-0.39, 0.29) is 17.4 Å². The van der Waals surface area contributed by atoms with Gasteiger partial charge in [-0.05, 0) is 68.4 Å². The van der Waals surface area contributed by atoms with Gasteiger partial charge in [0.25, 0.3) is 12.0 Å². The summed E-state index contributed by atoms with van der Waals surface area (Å²) in [5, 5.41) is 5.34. The second kappa shape index (κ2) is 10.1. The molecule has 1 fully saturated rings. The molecule has 7 nitrogen and oxygen atoms in total. The maximum Gasteiger partial charge on any atom is 0.264 e. The van der Waals surface area contributed by atoms with Crippen LogP contribution < -0.4 is 15.2 Å². The lowest BCUT2D eigenvalue weighted by atomic mass is 9.92. The van der Waals surface area contributed by atoms with Gasteiger partial charge in [0, 0.05) is 66.3 Å². The second-order valence-electron chi connectivity index (χ2n) is 10.4. The second-order valence-corrected chi connectivity index (χ2v) is 10.4. The quantitative estimate of drug-likeness (QED) is 0.295. The number of pyridine rings is 1. The molecule has 2 aromatic carbocycles. The Kier molecular flexibility index (Phi) is 6.62. The zero-order valence-corrected chi connectivity index (χ0v) is 22.4. The van der Waals surface area contributed by atoms with Gasteiger partial charge in [-0.15, -0.1) is 0 Å². The molecule has 6 rings (SSSR count). The number of anilines is 2. The summed E-state index contributed by atoms with van der Waals surface area (Å²) in [7, 11) is 3.33. The Morgan fingerprint density at radius 2 is 1.95 bits per heavy atom. The van der Waals surface area contributed by atoms with E-state index in [1.165, 1.54) is 0 Å². The average molecular weight is 535 g/mol. The van der Waals surface area contributed by atoms with Crippen LogP contribution in [-0.4, -0.2) is 34.6 Å². The van der Waals surface area contributed by atoms with Crippen molar-refractivity contribution in [2.75, 3.05) is 25.2 Å². The molecule has 204 valence electrons. The molecule has 0 N–H and O–H groups in total. The molecule has 0 bridgehead atoms. The van der Waals surface area contributed by atoms with E-state index in [0.717, 1.165) is 59.9 Å². The summed E-state index contributed by atoms with van der Waals surface area (Å²) in [6, 6.07) is 9.17. The lowest BCUT2D eigenvalue weighted by molar-refractivity contribution is -0.0394. The highest BCUT2D eigenvalue weighted by atomic mass is 19.3. The van der Waals surface area contributed by atoms with Crippen LogP contribution in [0.4, 0.5) is 20.2 Å². The first kappa shape index (κ1) is 25.6. The Morgan fingerprint density at radius 3 is 2.69 bits per heavy atom. The van der Waals surface area contributed by atoms with Gasteiger partial charge in [-0.1, -0.05) is 0 Å². The van der Waals surface area contributed by atoms with Gasteiger partial charge in [0.2, 0.25) is 0 Å². The van der Waals surface area contributed by atoms with Gasteiger partial charge in [-0.3, -0.25) is 4.79 Å². The Bertz CT molecular complexity index is 1600. The van der Waals surface area contributed by atoms with Crippen LogP contribution in [0.15, 0.2) is 47.5 Å². The van der Waals surface area contributed by atoms with Crippen molar-refractivity contribution in [3.05, 3.63) is 69.8 Å². The van der Waals surface area contributed by atoms with Gasteiger partial charge in [0.1, 0.15) is 12.0 Å². The highest BCUT2D eigenvalue weighted by molar-refractivity contribution is 5.96. The van der Waals surface area contributed by atoms with Crippen molar-refractivity contribution in [3.8, 4) is 16.9 Å². The van der Waals surface area contributed by atoms with Crippen LogP contribution in [0.25, 0.3) is 22.0 Å². The normalized spacial score (nSPS) is 17.6. The number of benzene rings is 2. The fraction of sp³-hybridized carbons (Fsp3) is 0.400. The highest BCUT2D eigenvalue weighted by Gasteiger charge is 2.27. The first-order valence-corrected chi connectivity index (χ1v) is 13.4. The predicted octanol–water partition coefficient (Wildman–Crippen LogP) is 6.44. The molecule has 39 heavy (non-hydrogen) atoms. The zero-order chi connectivity index (χ0) is 27.3. The van der Waals surface area contributed by atoms with Crippen molar-refractivity contribution < 1.29 is 18.3 Å². The van der Waals surface area contributed by atoms with Crippen molar-refractivity contribution in [2.45, 2.75) is 51.7 Å². The first-order chi connectivity index (χ1) is 18.9. The van der Waals surface area contributed by atoms with Gasteiger partial charge in [-0.25, -0.2) is 13.5 Å². The van der Waals surface area contributed by atoms with E-state index in [0.29, 0.717) is 35.6 Å². The van der Waals surface area contributed by atoms with Crippen molar-refractivity contribution >= 4 is 22.3 Å². The van der Waals surface area contributed by atoms with E-state index in [1.54, 1.807) is 42.6 Å². The number of hydrogen-bond donors (Lipinski definition) is 0. The van der Waals surface area contributed by atoms with E-state index in [1.807, 2.05) is 30.5 Å². The van der Waals surface area contributed by atoms with E-state index in [4.69, 9.17) is 9.47 Å². The van der Waals surface area contributed by atoms with Crippen LogP contribution in [0.5, 0.6) is 5.75 Å². The standard InChI is InChI=1S/C30H32F2N4O3/c1-18-11-24-26(34(2)30(18)37)13-21(38-3)14-27(24)35-9-6-7-19-12-22(23(29(31)32)15-25(19)35)20-16-33-36(17-20)28-8-4-5-10-39-28/h11-17,28-29H,4-10H2,1-3H3. The summed E-state index contributed by atoms with van der Waals surface area (Å²) in [4.78, 5) is 14.8. The average Bonchev–Trinajstić information content (AvgIpc) is 3.45. The van der Waals surface area contributed by atoms with Crippen LogP contribution >= 0.6 is 0 Å².